The third-order valence-electron chi connectivity index (χ3n) is 2.51. The molecule has 1 saturated carbocycles. The lowest BCUT2D eigenvalue weighted by molar-refractivity contribution is -0.143. The van der Waals surface area contributed by atoms with E-state index in [2.05, 4.69) is 4.98 Å². The van der Waals surface area contributed by atoms with Crippen molar-refractivity contribution in [2.24, 2.45) is 0 Å². The van der Waals surface area contributed by atoms with E-state index in [1.54, 1.807) is 0 Å². The number of aliphatic carboxylic acids is 1. The van der Waals surface area contributed by atoms with E-state index in [1.807, 2.05) is 0 Å². The quantitative estimate of drug-likeness (QED) is 0.818. The first-order valence-electron chi connectivity index (χ1n) is 4.13. The van der Waals surface area contributed by atoms with Crippen molar-refractivity contribution in [2.75, 3.05) is 0 Å². The molecule has 1 N–H and O–H groups in total. The van der Waals surface area contributed by atoms with E-state index in [9.17, 15) is 18.0 Å². The van der Waals surface area contributed by atoms with Crippen molar-refractivity contribution in [3.8, 4) is 0 Å². The molecular weight excluding hydrogens is 211 g/mol. The minimum absolute atomic E-state index is 0.431. The average Bonchev–Trinajstić information content (AvgIpc) is 2.71. The van der Waals surface area contributed by atoms with Crippen LogP contribution >= 0.6 is 0 Å². The number of carboxylic acids is 1. The summed E-state index contributed by atoms with van der Waals surface area (Å²) in [5, 5.41) is 8.74. The number of alkyl halides is 2. The molecule has 2 rings (SSSR count). The van der Waals surface area contributed by atoms with Gasteiger partial charge >= 0.3 is 5.97 Å². The molecule has 0 saturated heterocycles. The van der Waals surface area contributed by atoms with Crippen molar-refractivity contribution in [2.45, 2.75) is 17.8 Å². The molecule has 3 nitrogen and oxygen atoms in total. The SMILES string of the molecule is O=C(O)C1(c2cc(F)ccn2)CC1(F)F. The van der Waals surface area contributed by atoms with E-state index < -0.39 is 35.2 Å². The smallest absolute Gasteiger partial charge is 0.322 e. The molecule has 0 bridgehead atoms. The fourth-order valence-electron chi connectivity index (χ4n) is 1.55. The summed E-state index contributed by atoms with van der Waals surface area (Å²) in [5.74, 6) is -5.80. The van der Waals surface area contributed by atoms with E-state index in [4.69, 9.17) is 5.11 Å². The summed E-state index contributed by atoms with van der Waals surface area (Å²) in [7, 11) is 0. The molecule has 0 aliphatic heterocycles. The van der Waals surface area contributed by atoms with Gasteiger partial charge in [0.1, 0.15) is 5.82 Å². The van der Waals surface area contributed by atoms with Crippen LogP contribution < -0.4 is 0 Å². The van der Waals surface area contributed by atoms with Gasteiger partial charge in [0.2, 0.25) is 0 Å². The van der Waals surface area contributed by atoms with Crippen molar-refractivity contribution in [3.63, 3.8) is 0 Å². The summed E-state index contributed by atoms with van der Waals surface area (Å²) < 4.78 is 38.7. The van der Waals surface area contributed by atoms with Crippen molar-refractivity contribution in [3.05, 3.63) is 29.8 Å². The number of hydrogen-bond donors (Lipinski definition) is 1. The largest absolute Gasteiger partial charge is 0.480 e. The zero-order valence-electron chi connectivity index (χ0n) is 7.38. The molecule has 0 spiro atoms. The van der Waals surface area contributed by atoms with E-state index in [-0.39, 0.29) is 0 Å². The maximum Gasteiger partial charge on any atom is 0.322 e. The molecule has 1 fully saturated rings. The number of pyridine rings is 1. The van der Waals surface area contributed by atoms with Crippen LogP contribution in [-0.2, 0) is 10.2 Å². The number of aromatic nitrogens is 1. The van der Waals surface area contributed by atoms with Crippen LogP contribution in [0.25, 0.3) is 0 Å². The molecule has 1 aromatic heterocycles. The van der Waals surface area contributed by atoms with Crippen molar-refractivity contribution in [1.82, 2.24) is 4.98 Å². The standard InChI is InChI=1S/C9H6F3NO2/c10-5-1-2-13-6(3-5)8(7(14)15)4-9(8,11)12/h1-3H,4H2,(H,14,15). The van der Waals surface area contributed by atoms with Gasteiger partial charge in [0.05, 0.1) is 5.69 Å². The van der Waals surface area contributed by atoms with E-state index >= 15 is 0 Å². The summed E-state index contributed by atoms with van der Waals surface area (Å²) in [4.78, 5) is 14.3. The van der Waals surface area contributed by atoms with Crippen molar-refractivity contribution in [1.29, 1.82) is 0 Å². The first-order valence-corrected chi connectivity index (χ1v) is 4.13. The van der Waals surface area contributed by atoms with Crippen LogP contribution in [0.2, 0.25) is 0 Å². The lowest BCUT2D eigenvalue weighted by atomic mass is 10.0. The zero-order valence-corrected chi connectivity index (χ0v) is 7.38. The first-order chi connectivity index (χ1) is 6.90. The predicted octanol–water partition coefficient (Wildman–Crippen LogP) is 1.58. The van der Waals surface area contributed by atoms with Gasteiger partial charge in [0.15, 0.2) is 5.41 Å². The van der Waals surface area contributed by atoms with Crippen LogP contribution in [0.4, 0.5) is 13.2 Å². The van der Waals surface area contributed by atoms with E-state index in [1.165, 1.54) is 0 Å². The molecule has 0 aromatic carbocycles. The van der Waals surface area contributed by atoms with E-state index in [0.717, 1.165) is 18.3 Å². The van der Waals surface area contributed by atoms with Crippen molar-refractivity contribution < 1.29 is 23.1 Å². The van der Waals surface area contributed by atoms with Gasteiger partial charge in [-0.3, -0.25) is 9.78 Å². The van der Waals surface area contributed by atoms with Crippen LogP contribution in [0.5, 0.6) is 0 Å². The highest BCUT2D eigenvalue weighted by Gasteiger charge is 2.78. The molecule has 6 heteroatoms. The molecular formula is C9H6F3NO2. The summed E-state index contributed by atoms with van der Waals surface area (Å²) in [6.07, 6.45) is 0.148. The van der Waals surface area contributed by atoms with Gasteiger partial charge < -0.3 is 5.11 Å². The summed E-state index contributed by atoms with van der Waals surface area (Å²) in [5.41, 5.74) is -2.77. The molecule has 1 atom stereocenters. The molecule has 1 aliphatic carbocycles. The molecule has 1 aliphatic rings. The Morgan fingerprint density at radius 2 is 2.13 bits per heavy atom. The van der Waals surface area contributed by atoms with Gasteiger partial charge in [-0.25, -0.2) is 13.2 Å². The van der Waals surface area contributed by atoms with Crippen LogP contribution in [-0.4, -0.2) is 22.0 Å². The summed E-state index contributed by atoms with van der Waals surface area (Å²) in [6.45, 7) is 0. The van der Waals surface area contributed by atoms with E-state index in [0.29, 0.717) is 0 Å². The fourth-order valence-corrected chi connectivity index (χ4v) is 1.55. The number of rotatable bonds is 2. The second-order valence-corrected chi connectivity index (χ2v) is 3.45. The minimum Gasteiger partial charge on any atom is -0.480 e. The predicted molar refractivity (Wildman–Crippen MR) is 43.1 cm³/mol. The summed E-state index contributed by atoms with van der Waals surface area (Å²) in [6, 6.07) is 1.70. The number of hydrogen-bond acceptors (Lipinski definition) is 2. The Hall–Kier alpha value is -1.59. The number of carboxylic acid groups (broad SMARTS) is 1. The lowest BCUT2D eigenvalue weighted by Gasteiger charge is -2.09. The molecule has 1 heterocycles. The highest BCUT2D eigenvalue weighted by Crippen LogP contribution is 2.61. The highest BCUT2D eigenvalue weighted by atomic mass is 19.3. The van der Waals surface area contributed by atoms with Gasteiger partial charge in [0, 0.05) is 12.6 Å². The fraction of sp³-hybridized carbons (Fsp3) is 0.333. The second kappa shape index (κ2) is 2.71. The summed E-state index contributed by atoms with van der Waals surface area (Å²) >= 11 is 0. The lowest BCUT2D eigenvalue weighted by Crippen LogP contribution is -2.28. The van der Waals surface area contributed by atoms with Crippen LogP contribution in [0.3, 0.4) is 0 Å². The molecule has 1 aromatic rings. The Labute approximate surface area is 82.6 Å². The first kappa shape index (κ1) is 9.95. The van der Waals surface area contributed by atoms with Gasteiger partial charge in [-0.15, -0.1) is 0 Å². The van der Waals surface area contributed by atoms with Gasteiger partial charge in [-0.2, -0.15) is 0 Å². The topological polar surface area (TPSA) is 50.2 Å². The Bertz CT molecular complexity index is 435. The number of nitrogens with zero attached hydrogens (tertiary/aromatic N) is 1. The number of halogens is 3. The van der Waals surface area contributed by atoms with Crippen LogP contribution in [0.1, 0.15) is 12.1 Å². The maximum atomic E-state index is 13.0. The monoisotopic (exact) mass is 217 g/mol. The van der Waals surface area contributed by atoms with Crippen LogP contribution in [0.15, 0.2) is 18.3 Å². The molecule has 15 heavy (non-hydrogen) atoms. The third kappa shape index (κ3) is 1.20. The molecule has 0 amide bonds. The Morgan fingerprint density at radius 3 is 2.53 bits per heavy atom. The number of carbonyl (C=O) groups is 1. The minimum atomic E-state index is -3.35. The molecule has 80 valence electrons. The normalized spacial score (nSPS) is 27.4. The third-order valence-corrected chi connectivity index (χ3v) is 2.51. The van der Waals surface area contributed by atoms with Gasteiger partial charge in [-0.1, -0.05) is 0 Å². The van der Waals surface area contributed by atoms with Crippen molar-refractivity contribution >= 4 is 5.97 Å². The maximum absolute atomic E-state index is 13.0. The Morgan fingerprint density at radius 1 is 1.53 bits per heavy atom. The van der Waals surface area contributed by atoms with Gasteiger partial charge in [-0.05, 0) is 12.1 Å². The average molecular weight is 217 g/mol. The Kier molecular flexibility index (Phi) is 1.80. The zero-order chi connectivity index (χ0) is 11.3. The molecule has 0 radical (unpaired) electrons. The van der Waals surface area contributed by atoms with Gasteiger partial charge in [0.25, 0.3) is 5.92 Å². The Balaban J connectivity index is 2.50. The highest BCUT2D eigenvalue weighted by molar-refractivity contribution is 5.87. The second-order valence-electron chi connectivity index (χ2n) is 3.45. The molecule has 1 unspecified atom stereocenters. The van der Waals surface area contributed by atoms with Crippen LogP contribution in [0, 0.1) is 5.82 Å².